The van der Waals surface area contributed by atoms with Crippen LogP contribution in [0.1, 0.15) is 36.4 Å². The number of pyridine rings is 1. The zero-order valence-corrected chi connectivity index (χ0v) is 17.3. The minimum absolute atomic E-state index is 0.0755. The summed E-state index contributed by atoms with van der Waals surface area (Å²) >= 11 is 0. The Kier molecular flexibility index (Phi) is 7.50. The predicted molar refractivity (Wildman–Crippen MR) is 117 cm³/mol. The Balaban J connectivity index is 1.61. The van der Waals surface area contributed by atoms with Crippen molar-refractivity contribution in [3.05, 3.63) is 107 Å². The lowest BCUT2D eigenvalue weighted by atomic mass is 9.95. The maximum absolute atomic E-state index is 13.0. The lowest BCUT2D eigenvalue weighted by Crippen LogP contribution is -2.21. The maximum Gasteiger partial charge on any atom is 0.313 e. The van der Waals surface area contributed by atoms with Crippen molar-refractivity contribution in [1.82, 2.24) is 4.98 Å². The van der Waals surface area contributed by atoms with Gasteiger partial charge in [-0.15, -0.1) is 0 Å². The van der Waals surface area contributed by atoms with Gasteiger partial charge in [-0.25, -0.2) is 4.39 Å². The van der Waals surface area contributed by atoms with Gasteiger partial charge in [0.2, 0.25) is 0 Å². The number of benzene rings is 2. The number of ether oxygens (including phenoxy) is 1. The number of nitrogens with zero attached hydrogens (tertiary/aromatic N) is 1. The number of carbonyl (C=O) groups is 1. The Labute approximate surface area is 177 Å². The van der Waals surface area contributed by atoms with Gasteiger partial charge in [0, 0.05) is 12.1 Å². The van der Waals surface area contributed by atoms with Gasteiger partial charge in [-0.05, 0) is 41.3 Å². The third-order valence-corrected chi connectivity index (χ3v) is 4.81. The molecule has 4 heteroatoms. The molecule has 3 aromatic rings. The molecule has 3 nitrogen and oxygen atoms in total. The van der Waals surface area contributed by atoms with Gasteiger partial charge in [0.1, 0.15) is 12.4 Å². The molecular weight excluding hydrogens is 377 g/mol. The normalized spacial score (nSPS) is 12.3. The van der Waals surface area contributed by atoms with Crippen LogP contribution < -0.4 is 0 Å². The van der Waals surface area contributed by atoms with E-state index >= 15 is 0 Å². The summed E-state index contributed by atoms with van der Waals surface area (Å²) in [4.78, 5) is 17.3. The molecule has 0 spiro atoms. The topological polar surface area (TPSA) is 39.2 Å². The summed E-state index contributed by atoms with van der Waals surface area (Å²) in [5.41, 5.74) is 3.68. The lowest BCUT2D eigenvalue weighted by molar-refractivity contribution is -0.149. The molecular formula is C26H26FNO2. The van der Waals surface area contributed by atoms with Gasteiger partial charge in [0.25, 0.3) is 0 Å². The maximum atomic E-state index is 13.0. The third kappa shape index (κ3) is 6.38. The van der Waals surface area contributed by atoms with E-state index in [4.69, 9.17) is 4.74 Å². The number of halogens is 1. The summed E-state index contributed by atoms with van der Waals surface area (Å²) in [5.74, 6) is -0.887. The molecule has 0 radical (unpaired) electrons. The first kappa shape index (κ1) is 21.4. The third-order valence-electron chi connectivity index (χ3n) is 4.81. The van der Waals surface area contributed by atoms with E-state index in [2.05, 4.69) is 17.1 Å². The summed E-state index contributed by atoms with van der Waals surface area (Å²) in [5, 5.41) is 0. The van der Waals surface area contributed by atoms with Crippen molar-refractivity contribution in [2.75, 3.05) is 0 Å². The lowest BCUT2D eigenvalue weighted by Gasteiger charge is -2.16. The van der Waals surface area contributed by atoms with Crippen molar-refractivity contribution in [1.29, 1.82) is 0 Å². The summed E-state index contributed by atoms with van der Waals surface area (Å²) in [6.07, 6.45) is 4.38. The molecule has 0 saturated heterocycles. The second-order valence-corrected chi connectivity index (χ2v) is 7.57. The van der Waals surface area contributed by atoms with Gasteiger partial charge in [-0.3, -0.25) is 9.78 Å². The van der Waals surface area contributed by atoms with E-state index in [0.717, 1.165) is 23.4 Å². The van der Waals surface area contributed by atoms with Gasteiger partial charge < -0.3 is 4.74 Å². The number of aromatic nitrogens is 1. The molecule has 0 aliphatic rings. The summed E-state index contributed by atoms with van der Waals surface area (Å²) in [6, 6.07) is 22.1. The highest BCUT2D eigenvalue weighted by molar-refractivity contribution is 5.76. The summed E-state index contributed by atoms with van der Waals surface area (Å²) in [7, 11) is 0. The Morgan fingerprint density at radius 3 is 2.37 bits per heavy atom. The number of hydrogen-bond acceptors (Lipinski definition) is 3. The van der Waals surface area contributed by atoms with Crippen LogP contribution in [0.25, 0.3) is 6.08 Å². The molecule has 0 aliphatic carbocycles. The zero-order valence-electron chi connectivity index (χ0n) is 17.3. The fourth-order valence-corrected chi connectivity index (χ4v) is 3.12. The minimum atomic E-state index is -0.387. The van der Waals surface area contributed by atoms with Crippen LogP contribution in [0.3, 0.4) is 0 Å². The molecule has 0 amide bonds. The SMILES string of the molecule is CC(C)C(/C=C/c1ccc(F)cc1)C(=O)OCc1cccc(Cc2ccccc2)n1. The molecule has 1 unspecified atom stereocenters. The van der Waals surface area contributed by atoms with Gasteiger partial charge in [0.05, 0.1) is 11.6 Å². The van der Waals surface area contributed by atoms with E-state index in [-0.39, 0.29) is 30.2 Å². The smallest absolute Gasteiger partial charge is 0.313 e. The largest absolute Gasteiger partial charge is 0.459 e. The van der Waals surface area contributed by atoms with Crippen LogP contribution >= 0.6 is 0 Å². The van der Waals surface area contributed by atoms with Crippen LogP contribution in [-0.4, -0.2) is 11.0 Å². The fraction of sp³-hybridized carbons (Fsp3) is 0.231. The minimum Gasteiger partial charge on any atom is -0.459 e. The van der Waals surface area contributed by atoms with Gasteiger partial charge >= 0.3 is 5.97 Å². The Morgan fingerprint density at radius 2 is 1.67 bits per heavy atom. The molecule has 0 N–H and O–H groups in total. The molecule has 0 saturated carbocycles. The number of esters is 1. The molecule has 3 rings (SSSR count). The van der Waals surface area contributed by atoms with Crippen molar-refractivity contribution in [3.8, 4) is 0 Å². The van der Waals surface area contributed by atoms with Crippen LogP contribution in [-0.2, 0) is 22.6 Å². The van der Waals surface area contributed by atoms with Crippen LogP contribution in [0, 0.1) is 17.7 Å². The first-order valence-corrected chi connectivity index (χ1v) is 10.1. The highest BCUT2D eigenvalue weighted by Crippen LogP contribution is 2.18. The molecule has 1 heterocycles. The van der Waals surface area contributed by atoms with Crippen molar-refractivity contribution < 1.29 is 13.9 Å². The molecule has 2 aromatic carbocycles. The number of rotatable bonds is 8. The standard InChI is InChI=1S/C26H26FNO2/c1-19(2)25(16-13-20-11-14-22(27)15-12-20)26(29)30-18-24-10-6-9-23(28-24)17-21-7-4-3-5-8-21/h3-16,19,25H,17-18H2,1-2H3/b16-13+. The monoisotopic (exact) mass is 403 g/mol. The Morgan fingerprint density at radius 1 is 0.967 bits per heavy atom. The van der Waals surface area contributed by atoms with Crippen LogP contribution in [0.5, 0.6) is 0 Å². The molecule has 1 atom stereocenters. The molecule has 0 aliphatic heterocycles. The van der Waals surface area contributed by atoms with E-state index in [1.807, 2.05) is 62.4 Å². The van der Waals surface area contributed by atoms with Crippen LogP contribution in [0.15, 0.2) is 78.9 Å². The molecule has 0 bridgehead atoms. The van der Waals surface area contributed by atoms with E-state index in [1.165, 1.54) is 17.7 Å². The van der Waals surface area contributed by atoms with Crippen LogP contribution in [0.2, 0.25) is 0 Å². The van der Waals surface area contributed by atoms with Crippen molar-refractivity contribution in [2.45, 2.75) is 26.9 Å². The zero-order chi connectivity index (χ0) is 21.3. The average Bonchev–Trinajstić information content (AvgIpc) is 2.74. The fourth-order valence-electron chi connectivity index (χ4n) is 3.12. The molecule has 30 heavy (non-hydrogen) atoms. The second-order valence-electron chi connectivity index (χ2n) is 7.57. The van der Waals surface area contributed by atoms with Crippen molar-refractivity contribution >= 4 is 12.0 Å². The van der Waals surface area contributed by atoms with E-state index in [9.17, 15) is 9.18 Å². The first-order valence-electron chi connectivity index (χ1n) is 10.1. The van der Waals surface area contributed by atoms with Gasteiger partial charge in [0.15, 0.2) is 0 Å². The van der Waals surface area contributed by atoms with Gasteiger partial charge in [-0.1, -0.05) is 74.5 Å². The molecule has 0 fully saturated rings. The van der Waals surface area contributed by atoms with Crippen molar-refractivity contribution in [3.63, 3.8) is 0 Å². The Bertz CT molecular complexity index is 981. The molecule has 154 valence electrons. The summed E-state index contributed by atoms with van der Waals surface area (Å²) < 4.78 is 18.6. The van der Waals surface area contributed by atoms with Crippen LogP contribution in [0.4, 0.5) is 4.39 Å². The quantitative estimate of drug-likeness (QED) is 0.444. The predicted octanol–water partition coefficient (Wildman–Crippen LogP) is 5.84. The van der Waals surface area contributed by atoms with Gasteiger partial charge in [-0.2, -0.15) is 0 Å². The number of hydrogen-bond donors (Lipinski definition) is 0. The van der Waals surface area contributed by atoms with E-state index in [0.29, 0.717) is 0 Å². The number of carbonyl (C=O) groups excluding carboxylic acids is 1. The Hall–Kier alpha value is -3.27. The first-order chi connectivity index (χ1) is 14.5. The van der Waals surface area contributed by atoms with E-state index < -0.39 is 0 Å². The van der Waals surface area contributed by atoms with Crippen molar-refractivity contribution in [2.24, 2.45) is 11.8 Å². The highest BCUT2D eigenvalue weighted by Gasteiger charge is 2.21. The average molecular weight is 403 g/mol. The summed E-state index contributed by atoms with van der Waals surface area (Å²) in [6.45, 7) is 4.08. The highest BCUT2D eigenvalue weighted by atomic mass is 19.1. The second kappa shape index (κ2) is 10.5. The van der Waals surface area contributed by atoms with E-state index in [1.54, 1.807) is 12.1 Å². The molecule has 1 aromatic heterocycles.